The molecule has 0 spiro atoms. The molecule has 0 saturated carbocycles. The molecule has 0 fully saturated rings. The predicted octanol–water partition coefficient (Wildman–Crippen LogP) is 2.20. The number of nitrogens with zero attached hydrogens (tertiary/aromatic N) is 2. The lowest BCUT2D eigenvalue weighted by atomic mass is 10.3. The molecular formula is C11H10N2O2S. The highest BCUT2D eigenvalue weighted by molar-refractivity contribution is 7.09. The van der Waals surface area contributed by atoms with Crippen LogP contribution in [-0.2, 0) is 11.3 Å². The normalized spacial score (nSPS) is 10.1. The molecule has 4 nitrogen and oxygen atoms in total. The van der Waals surface area contributed by atoms with Crippen LogP contribution < -0.4 is 0 Å². The van der Waals surface area contributed by atoms with Crippen LogP contribution >= 0.6 is 11.3 Å². The van der Waals surface area contributed by atoms with Crippen molar-refractivity contribution in [2.45, 2.75) is 13.5 Å². The summed E-state index contributed by atoms with van der Waals surface area (Å²) in [4.78, 5) is 19.6. The molecule has 2 aromatic heterocycles. The number of carbonyl (C=O) groups is 1. The fourth-order valence-corrected chi connectivity index (χ4v) is 1.85. The number of pyridine rings is 1. The fourth-order valence-electron chi connectivity index (χ4n) is 1.17. The van der Waals surface area contributed by atoms with Gasteiger partial charge in [-0.25, -0.2) is 9.78 Å². The largest absolute Gasteiger partial charge is 0.455 e. The molecular weight excluding hydrogens is 224 g/mol. The minimum absolute atomic E-state index is 0.222. The summed E-state index contributed by atoms with van der Waals surface area (Å²) < 4.78 is 5.11. The zero-order chi connectivity index (χ0) is 11.4. The van der Waals surface area contributed by atoms with E-state index in [4.69, 9.17) is 4.74 Å². The van der Waals surface area contributed by atoms with Crippen molar-refractivity contribution in [2.75, 3.05) is 0 Å². The second-order valence-electron chi connectivity index (χ2n) is 3.19. The molecule has 0 aliphatic carbocycles. The first kappa shape index (κ1) is 10.8. The van der Waals surface area contributed by atoms with E-state index in [-0.39, 0.29) is 12.6 Å². The van der Waals surface area contributed by atoms with Crippen LogP contribution in [0.4, 0.5) is 0 Å². The lowest BCUT2D eigenvalue weighted by Gasteiger charge is -2.01. The molecule has 0 aliphatic heterocycles. The van der Waals surface area contributed by atoms with E-state index in [1.54, 1.807) is 24.5 Å². The molecule has 5 heteroatoms. The summed E-state index contributed by atoms with van der Waals surface area (Å²) in [5.74, 6) is -0.352. The van der Waals surface area contributed by atoms with Crippen LogP contribution in [0.5, 0.6) is 0 Å². The lowest BCUT2D eigenvalue weighted by molar-refractivity contribution is 0.0472. The second kappa shape index (κ2) is 4.85. The molecule has 0 amide bonds. The Morgan fingerprint density at radius 1 is 1.44 bits per heavy atom. The number of hydrogen-bond acceptors (Lipinski definition) is 5. The van der Waals surface area contributed by atoms with Crippen molar-refractivity contribution in [3.8, 4) is 0 Å². The topological polar surface area (TPSA) is 52.1 Å². The summed E-state index contributed by atoms with van der Waals surface area (Å²) in [6, 6.07) is 3.24. The molecule has 2 rings (SSSR count). The number of esters is 1. The number of aromatic nitrogens is 2. The van der Waals surface area contributed by atoms with E-state index in [1.165, 1.54) is 11.3 Å². The molecule has 2 aromatic rings. The molecule has 16 heavy (non-hydrogen) atoms. The molecule has 0 aliphatic rings. The Balaban J connectivity index is 1.94. The fraction of sp³-hybridized carbons (Fsp3) is 0.182. The van der Waals surface area contributed by atoms with Gasteiger partial charge in [-0.05, 0) is 19.1 Å². The third-order valence-corrected chi connectivity index (χ3v) is 2.85. The van der Waals surface area contributed by atoms with Crippen molar-refractivity contribution in [1.29, 1.82) is 0 Å². The minimum atomic E-state index is -0.352. The van der Waals surface area contributed by atoms with Gasteiger partial charge in [-0.15, -0.1) is 11.3 Å². The van der Waals surface area contributed by atoms with Gasteiger partial charge in [0.15, 0.2) is 0 Å². The zero-order valence-corrected chi connectivity index (χ0v) is 9.53. The molecule has 0 aromatic carbocycles. The van der Waals surface area contributed by atoms with Gasteiger partial charge in [0.1, 0.15) is 11.6 Å². The van der Waals surface area contributed by atoms with Crippen LogP contribution in [0, 0.1) is 6.92 Å². The van der Waals surface area contributed by atoms with Gasteiger partial charge < -0.3 is 4.74 Å². The Bertz CT molecular complexity index is 482. The van der Waals surface area contributed by atoms with Crippen LogP contribution in [-0.4, -0.2) is 15.9 Å². The Labute approximate surface area is 96.9 Å². The summed E-state index contributed by atoms with van der Waals surface area (Å²) in [6.07, 6.45) is 3.12. The first-order chi connectivity index (χ1) is 7.75. The number of ether oxygens (including phenoxy) is 1. The molecule has 0 saturated heterocycles. The van der Waals surface area contributed by atoms with Crippen molar-refractivity contribution in [2.24, 2.45) is 0 Å². The summed E-state index contributed by atoms with van der Waals surface area (Å²) in [5, 5.41) is 2.73. The van der Waals surface area contributed by atoms with Gasteiger partial charge in [0.05, 0.1) is 5.56 Å². The third kappa shape index (κ3) is 2.64. The van der Waals surface area contributed by atoms with Crippen LogP contribution in [0.2, 0.25) is 0 Å². The van der Waals surface area contributed by atoms with E-state index >= 15 is 0 Å². The molecule has 0 radical (unpaired) electrons. The van der Waals surface area contributed by atoms with E-state index in [9.17, 15) is 4.79 Å². The van der Waals surface area contributed by atoms with Gasteiger partial charge in [-0.3, -0.25) is 4.98 Å². The molecule has 0 bridgehead atoms. The molecule has 2 heterocycles. The number of thiazole rings is 1. The first-order valence-corrected chi connectivity index (χ1v) is 5.62. The monoisotopic (exact) mass is 234 g/mol. The quantitative estimate of drug-likeness (QED) is 0.764. The van der Waals surface area contributed by atoms with Gasteiger partial charge >= 0.3 is 5.97 Å². The maximum Gasteiger partial charge on any atom is 0.338 e. The summed E-state index contributed by atoms with van der Waals surface area (Å²) >= 11 is 1.49. The molecule has 0 unspecified atom stereocenters. The third-order valence-electron chi connectivity index (χ3n) is 1.91. The van der Waals surface area contributed by atoms with Gasteiger partial charge in [0.25, 0.3) is 0 Å². The first-order valence-electron chi connectivity index (χ1n) is 4.74. The van der Waals surface area contributed by atoms with Crippen LogP contribution in [0.25, 0.3) is 0 Å². The van der Waals surface area contributed by atoms with E-state index in [2.05, 4.69) is 9.97 Å². The SMILES string of the molecule is Cc1csc(COC(=O)c2ccncc2)n1. The van der Waals surface area contributed by atoms with Crippen molar-refractivity contribution < 1.29 is 9.53 Å². The Kier molecular flexibility index (Phi) is 3.26. The molecule has 0 atom stereocenters. The predicted molar refractivity (Wildman–Crippen MR) is 60.2 cm³/mol. The second-order valence-corrected chi connectivity index (χ2v) is 4.14. The van der Waals surface area contributed by atoms with Crippen molar-refractivity contribution >= 4 is 17.3 Å². The number of hydrogen-bond donors (Lipinski definition) is 0. The highest BCUT2D eigenvalue weighted by atomic mass is 32.1. The number of aryl methyl sites for hydroxylation is 1. The molecule has 82 valence electrons. The van der Waals surface area contributed by atoms with Crippen molar-refractivity contribution in [1.82, 2.24) is 9.97 Å². The van der Waals surface area contributed by atoms with E-state index in [1.807, 2.05) is 12.3 Å². The Hall–Kier alpha value is -1.75. The standard InChI is InChI=1S/C11H10N2O2S/c1-8-7-16-10(13-8)6-15-11(14)9-2-4-12-5-3-9/h2-5,7H,6H2,1H3. The summed E-state index contributed by atoms with van der Waals surface area (Å²) in [5.41, 5.74) is 1.45. The number of carbonyl (C=O) groups excluding carboxylic acids is 1. The van der Waals surface area contributed by atoms with Crippen LogP contribution in [0.15, 0.2) is 29.9 Å². The maximum atomic E-state index is 11.6. The Morgan fingerprint density at radius 2 is 2.19 bits per heavy atom. The van der Waals surface area contributed by atoms with Crippen LogP contribution in [0.3, 0.4) is 0 Å². The smallest absolute Gasteiger partial charge is 0.338 e. The van der Waals surface area contributed by atoms with E-state index in [0.717, 1.165) is 10.7 Å². The Morgan fingerprint density at radius 3 is 2.81 bits per heavy atom. The van der Waals surface area contributed by atoms with Crippen molar-refractivity contribution in [3.63, 3.8) is 0 Å². The van der Waals surface area contributed by atoms with E-state index in [0.29, 0.717) is 5.56 Å². The lowest BCUT2D eigenvalue weighted by Crippen LogP contribution is -2.04. The highest BCUT2D eigenvalue weighted by Crippen LogP contribution is 2.11. The molecule has 0 N–H and O–H groups in total. The average Bonchev–Trinajstić information content (AvgIpc) is 2.73. The van der Waals surface area contributed by atoms with E-state index < -0.39 is 0 Å². The van der Waals surface area contributed by atoms with Gasteiger partial charge in [-0.1, -0.05) is 0 Å². The van der Waals surface area contributed by atoms with Crippen molar-refractivity contribution in [3.05, 3.63) is 46.2 Å². The van der Waals surface area contributed by atoms with Gasteiger partial charge in [0, 0.05) is 23.5 Å². The van der Waals surface area contributed by atoms with Gasteiger partial charge in [0.2, 0.25) is 0 Å². The minimum Gasteiger partial charge on any atom is -0.455 e. The summed E-state index contributed by atoms with van der Waals surface area (Å²) in [6.45, 7) is 2.13. The van der Waals surface area contributed by atoms with Crippen LogP contribution in [0.1, 0.15) is 21.1 Å². The number of rotatable bonds is 3. The highest BCUT2D eigenvalue weighted by Gasteiger charge is 2.07. The van der Waals surface area contributed by atoms with Gasteiger partial charge in [-0.2, -0.15) is 0 Å². The zero-order valence-electron chi connectivity index (χ0n) is 8.71. The summed E-state index contributed by atoms with van der Waals surface area (Å²) in [7, 11) is 0. The maximum absolute atomic E-state index is 11.6. The average molecular weight is 234 g/mol.